The van der Waals surface area contributed by atoms with E-state index in [1.807, 2.05) is 0 Å². The molecule has 156 valence electrons. The van der Waals surface area contributed by atoms with E-state index in [2.05, 4.69) is 5.10 Å². The van der Waals surface area contributed by atoms with Crippen molar-refractivity contribution in [3.63, 3.8) is 0 Å². The van der Waals surface area contributed by atoms with E-state index in [0.717, 1.165) is 4.68 Å². The van der Waals surface area contributed by atoms with Gasteiger partial charge in [0.15, 0.2) is 6.61 Å². The van der Waals surface area contributed by atoms with Crippen molar-refractivity contribution in [1.82, 2.24) is 9.78 Å². The van der Waals surface area contributed by atoms with Crippen molar-refractivity contribution in [2.24, 2.45) is 0 Å². The molecule has 0 amide bonds. The Hall–Kier alpha value is -3.95. The van der Waals surface area contributed by atoms with Gasteiger partial charge in [-0.15, -0.1) is 5.10 Å². The van der Waals surface area contributed by atoms with Crippen molar-refractivity contribution < 1.29 is 32.6 Å². The SMILES string of the molecule is COc1ccc(OC)c(C(=O)COC(=O)Cn2nc(-c3ccc(F)cc3)oc2=O)c1. The molecule has 0 aliphatic heterocycles. The van der Waals surface area contributed by atoms with Crippen LogP contribution in [0.1, 0.15) is 10.4 Å². The molecule has 3 rings (SSSR count). The lowest BCUT2D eigenvalue weighted by Gasteiger charge is -2.10. The first-order chi connectivity index (χ1) is 14.4. The fourth-order valence-electron chi connectivity index (χ4n) is 2.54. The second-order valence-corrected chi connectivity index (χ2v) is 5.99. The standard InChI is InChI=1S/C20H17FN2O7/c1-27-14-7-8-17(28-2)15(9-14)16(24)11-29-18(25)10-23-20(26)30-19(22-23)12-3-5-13(21)6-4-12/h3-9H,10-11H2,1-2H3. The number of nitrogens with zero attached hydrogens (tertiary/aromatic N) is 2. The van der Waals surface area contributed by atoms with E-state index < -0.39 is 36.5 Å². The van der Waals surface area contributed by atoms with Crippen LogP contribution in [0.15, 0.2) is 51.7 Å². The van der Waals surface area contributed by atoms with Gasteiger partial charge in [-0.2, -0.15) is 4.68 Å². The van der Waals surface area contributed by atoms with Gasteiger partial charge < -0.3 is 18.6 Å². The average molecular weight is 416 g/mol. The van der Waals surface area contributed by atoms with Crippen molar-refractivity contribution in [3.05, 3.63) is 64.4 Å². The number of rotatable bonds is 8. The molecule has 0 radical (unpaired) electrons. The molecule has 2 aromatic carbocycles. The van der Waals surface area contributed by atoms with E-state index >= 15 is 0 Å². The number of hydrogen-bond acceptors (Lipinski definition) is 8. The molecule has 1 aromatic heterocycles. The summed E-state index contributed by atoms with van der Waals surface area (Å²) >= 11 is 0. The van der Waals surface area contributed by atoms with E-state index in [9.17, 15) is 18.8 Å². The minimum Gasteiger partial charge on any atom is -0.497 e. The summed E-state index contributed by atoms with van der Waals surface area (Å²) in [5.41, 5.74) is 0.544. The minimum absolute atomic E-state index is 0.0787. The number of carbonyl (C=O) groups excluding carboxylic acids is 2. The third-order valence-electron chi connectivity index (χ3n) is 4.05. The minimum atomic E-state index is -0.896. The summed E-state index contributed by atoms with van der Waals surface area (Å²) in [5.74, 6) is -2.08. The number of ether oxygens (including phenoxy) is 3. The quantitative estimate of drug-likeness (QED) is 0.406. The number of methoxy groups -OCH3 is 2. The highest BCUT2D eigenvalue weighted by Crippen LogP contribution is 2.24. The van der Waals surface area contributed by atoms with E-state index in [0.29, 0.717) is 17.1 Å². The van der Waals surface area contributed by atoms with Crippen molar-refractivity contribution in [2.45, 2.75) is 6.54 Å². The average Bonchev–Trinajstić information content (AvgIpc) is 3.12. The molecule has 0 spiro atoms. The zero-order valence-corrected chi connectivity index (χ0v) is 16.1. The van der Waals surface area contributed by atoms with Gasteiger partial charge in [-0.1, -0.05) is 0 Å². The fraction of sp³-hybridized carbons (Fsp3) is 0.200. The Morgan fingerprint density at radius 1 is 1.10 bits per heavy atom. The Morgan fingerprint density at radius 2 is 1.83 bits per heavy atom. The maximum atomic E-state index is 13.0. The van der Waals surface area contributed by atoms with Crippen LogP contribution in [-0.4, -0.2) is 42.4 Å². The molecular weight excluding hydrogens is 399 g/mol. The van der Waals surface area contributed by atoms with Crippen molar-refractivity contribution in [3.8, 4) is 23.0 Å². The van der Waals surface area contributed by atoms with Gasteiger partial charge in [0.25, 0.3) is 0 Å². The predicted molar refractivity (Wildman–Crippen MR) is 101 cm³/mol. The molecule has 9 nitrogen and oxygen atoms in total. The van der Waals surface area contributed by atoms with Gasteiger partial charge in [0.1, 0.15) is 23.9 Å². The summed E-state index contributed by atoms with van der Waals surface area (Å²) in [5, 5.41) is 3.88. The van der Waals surface area contributed by atoms with Crippen LogP contribution in [0, 0.1) is 5.82 Å². The van der Waals surface area contributed by atoms with E-state index in [1.54, 1.807) is 12.1 Å². The third-order valence-corrected chi connectivity index (χ3v) is 4.05. The number of esters is 1. The van der Waals surface area contributed by atoms with Gasteiger partial charge in [-0.25, -0.2) is 9.18 Å². The van der Waals surface area contributed by atoms with Crippen LogP contribution in [0.5, 0.6) is 11.5 Å². The van der Waals surface area contributed by atoms with Gasteiger partial charge in [0.05, 0.1) is 19.8 Å². The maximum Gasteiger partial charge on any atom is 0.437 e. The molecule has 0 aliphatic rings. The molecule has 30 heavy (non-hydrogen) atoms. The summed E-state index contributed by atoms with van der Waals surface area (Å²) < 4.78 is 33.9. The Morgan fingerprint density at radius 3 is 2.50 bits per heavy atom. The topological polar surface area (TPSA) is 110 Å². The highest BCUT2D eigenvalue weighted by Gasteiger charge is 2.18. The number of Topliss-reactive ketones (excluding diaryl/α,β-unsaturated/α-hetero) is 1. The summed E-state index contributed by atoms with van der Waals surface area (Å²) in [4.78, 5) is 36.3. The lowest BCUT2D eigenvalue weighted by molar-refractivity contribution is -0.143. The molecule has 1 heterocycles. The molecule has 0 atom stereocenters. The molecule has 0 bridgehead atoms. The van der Waals surface area contributed by atoms with Crippen molar-refractivity contribution in [1.29, 1.82) is 0 Å². The molecular formula is C20H17FN2O7. The largest absolute Gasteiger partial charge is 0.497 e. The van der Waals surface area contributed by atoms with Gasteiger partial charge in [0, 0.05) is 5.56 Å². The zero-order valence-electron chi connectivity index (χ0n) is 16.1. The number of halogens is 1. The molecule has 10 heteroatoms. The summed E-state index contributed by atoms with van der Waals surface area (Å²) in [7, 11) is 2.85. The molecule has 0 aliphatic carbocycles. The summed E-state index contributed by atoms with van der Waals surface area (Å²) in [6, 6.07) is 9.76. The number of ketones is 1. The number of carbonyl (C=O) groups is 2. The van der Waals surface area contributed by atoms with Crippen molar-refractivity contribution >= 4 is 11.8 Å². The number of benzene rings is 2. The van der Waals surface area contributed by atoms with Crippen LogP contribution in [0.25, 0.3) is 11.5 Å². The third kappa shape index (κ3) is 4.72. The number of aromatic nitrogens is 2. The Balaban J connectivity index is 1.65. The Bertz CT molecular complexity index is 1120. The van der Waals surface area contributed by atoms with E-state index in [1.165, 1.54) is 44.6 Å². The monoisotopic (exact) mass is 416 g/mol. The lowest BCUT2D eigenvalue weighted by Crippen LogP contribution is -2.24. The van der Waals surface area contributed by atoms with Gasteiger partial charge in [-0.05, 0) is 42.5 Å². The zero-order chi connectivity index (χ0) is 21.7. The molecule has 3 aromatic rings. The van der Waals surface area contributed by atoms with Crippen LogP contribution in [-0.2, 0) is 16.1 Å². The molecule has 0 N–H and O–H groups in total. The van der Waals surface area contributed by atoms with Gasteiger partial charge >= 0.3 is 11.7 Å². The lowest BCUT2D eigenvalue weighted by atomic mass is 10.1. The van der Waals surface area contributed by atoms with Crippen LogP contribution in [0.2, 0.25) is 0 Å². The number of hydrogen-bond donors (Lipinski definition) is 0. The van der Waals surface area contributed by atoms with E-state index in [4.69, 9.17) is 18.6 Å². The Kier molecular flexibility index (Phi) is 6.26. The normalized spacial score (nSPS) is 10.5. The van der Waals surface area contributed by atoms with Gasteiger partial charge in [0.2, 0.25) is 11.7 Å². The highest BCUT2D eigenvalue weighted by molar-refractivity contribution is 6.00. The second-order valence-electron chi connectivity index (χ2n) is 5.99. The van der Waals surface area contributed by atoms with E-state index in [-0.39, 0.29) is 11.5 Å². The first kappa shape index (κ1) is 20.8. The first-order valence-electron chi connectivity index (χ1n) is 8.66. The van der Waals surface area contributed by atoms with Crippen LogP contribution < -0.4 is 15.2 Å². The fourth-order valence-corrected chi connectivity index (χ4v) is 2.54. The summed E-state index contributed by atoms with van der Waals surface area (Å²) in [6.07, 6.45) is 0. The Labute approximate surface area is 169 Å². The second kappa shape index (κ2) is 9.03. The predicted octanol–water partition coefficient (Wildman–Crippen LogP) is 2.09. The molecule has 0 saturated carbocycles. The molecule has 0 fully saturated rings. The van der Waals surface area contributed by atoms with Crippen molar-refractivity contribution in [2.75, 3.05) is 20.8 Å². The molecule has 0 unspecified atom stereocenters. The van der Waals surface area contributed by atoms with Crippen LogP contribution >= 0.6 is 0 Å². The first-order valence-corrected chi connectivity index (χ1v) is 8.66. The van der Waals surface area contributed by atoms with Crippen LogP contribution in [0.4, 0.5) is 4.39 Å². The molecule has 0 saturated heterocycles. The summed E-state index contributed by atoms with van der Waals surface area (Å²) in [6.45, 7) is -1.13. The smallest absolute Gasteiger partial charge is 0.437 e. The highest BCUT2D eigenvalue weighted by atomic mass is 19.1. The van der Waals surface area contributed by atoms with Gasteiger partial charge in [-0.3, -0.25) is 9.59 Å². The van der Waals surface area contributed by atoms with Crippen LogP contribution in [0.3, 0.4) is 0 Å². The maximum absolute atomic E-state index is 13.0.